The number of nitrogens with one attached hydrogen (secondary N) is 4. The number of hydrogen-bond acceptors (Lipinski definition) is 7. The van der Waals surface area contributed by atoms with Gasteiger partial charge in [0.05, 0.1) is 34.3 Å². The van der Waals surface area contributed by atoms with E-state index in [1.54, 1.807) is 72.9 Å². The molecule has 11 nitrogen and oxygen atoms in total. The Bertz CT molecular complexity index is 2210. The molecule has 0 aliphatic rings. The van der Waals surface area contributed by atoms with Crippen molar-refractivity contribution in [3.8, 4) is 5.75 Å². The number of aromatic nitrogens is 2. The Labute approximate surface area is 312 Å². The summed E-state index contributed by atoms with van der Waals surface area (Å²) in [6, 6.07) is 36.2. The molecule has 2 aromatic heterocycles. The third kappa shape index (κ3) is 10.2. The topological polar surface area (TPSA) is 151 Å². The first kappa shape index (κ1) is 36.6. The molecule has 0 unspecified atom stereocenters. The summed E-state index contributed by atoms with van der Waals surface area (Å²) in [5.41, 5.74) is 5.27. The standard InChI is InChI=1S/C43H38N6O5/c50-40(49-39-28-45-23-21-37(39)43(53)46-24-19-30-8-2-1-3-9-30)33-15-17-35(18-16-33)54-29-32-11-6-10-31(26-32)20-25-47-42(52)36-13-4-5-14-38(36)48-41(51)34-12-7-22-44-27-34/h1-18,21-23,26-28H,19-20,24-25,29H2,(H,46,53)(H,47,52)(H,48,51)(H,49,50). The minimum atomic E-state index is -0.384. The molecule has 0 aliphatic heterocycles. The van der Waals surface area contributed by atoms with E-state index < -0.39 is 0 Å². The predicted octanol–water partition coefficient (Wildman–Crippen LogP) is 6.51. The molecule has 0 aliphatic carbocycles. The van der Waals surface area contributed by atoms with Crippen LogP contribution in [0.4, 0.5) is 11.4 Å². The zero-order valence-electron chi connectivity index (χ0n) is 29.3. The van der Waals surface area contributed by atoms with Gasteiger partial charge in [-0.3, -0.25) is 29.1 Å². The van der Waals surface area contributed by atoms with Crippen LogP contribution in [-0.2, 0) is 19.4 Å². The van der Waals surface area contributed by atoms with E-state index in [0.717, 1.165) is 16.7 Å². The highest BCUT2D eigenvalue weighted by Crippen LogP contribution is 2.19. The second-order valence-electron chi connectivity index (χ2n) is 12.2. The van der Waals surface area contributed by atoms with E-state index in [1.165, 1.54) is 18.6 Å². The summed E-state index contributed by atoms with van der Waals surface area (Å²) < 4.78 is 5.99. The number of amides is 4. The van der Waals surface area contributed by atoms with Crippen LogP contribution >= 0.6 is 0 Å². The number of rotatable bonds is 15. The highest BCUT2D eigenvalue weighted by molar-refractivity contribution is 6.09. The van der Waals surface area contributed by atoms with E-state index in [4.69, 9.17) is 4.74 Å². The van der Waals surface area contributed by atoms with Crippen LogP contribution < -0.4 is 26.0 Å². The fourth-order valence-corrected chi connectivity index (χ4v) is 5.59. The monoisotopic (exact) mass is 718 g/mol. The molecule has 0 radical (unpaired) electrons. The molecule has 0 bridgehead atoms. The predicted molar refractivity (Wildman–Crippen MR) is 207 cm³/mol. The SMILES string of the molecule is O=C(Nc1ccccc1C(=O)NCCc1cccc(COc2ccc(C(=O)Nc3cnccc3C(=O)NCCc3ccccc3)cc2)c1)c1cccnc1. The van der Waals surface area contributed by atoms with Crippen molar-refractivity contribution in [2.75, 3.05) is 23.7 Å². The zero-order valence-corrected chi connectivity index (χ0v) is 29.3. The van der Waals surface area contributed by atoms with Crippen molar-refractivity contribution in [2.24, 2.45) is 0 Å². The van der Waals surface area contributed by atoms with Crippen LogP contribution in [0.15, 0.2) is 146 Å². The Balaban J connectivity index is 0.965. The fourth-order valence-electron chi connectivity index (χ4n) is 5.59. The number of para-hydroxylation sites is 1. The first-order chi connectivity index (χ1) is 26.4. The highest BCUT2D eigenvalue weighted by atomic mass is 16.5. The Morgan fingerprint density at radius 3 is 1.89 bits per heavy atom. The molecule has 4 amide bonds. The van der Waals surface area contributed by atoms with Crippen LogP contribution in [0.2, 0.25) is 0 Å². The summed E-state index contributed by atoms with van der Waals surface area (Å²) in [5.74, 6) is -0.749. The molecule has 0 atom stereocenters. The number of pyridine rings is 2. The molecule has 270 valence electrons. The number of carbonyl (C=O) groups excluding carboxylic acids is 4. The summed E-state index contributed by atoms with van der Waals surface area (Å²) in [6.07, 6.45) is 7.29. The Kier molecular flexibility index (Phi) is 12.5. The van der Waals surface area contributed by atoms with Crippen LogP contribution in [0.3, 0.4) is 0 Å². The van der Waals surface area contributed by atoms with E-state index in [1.807, 2.05) is 54.6 Å². The van der Waals surface area contributed by atoms with Crippen molar-refractivity contribution in [1.82, 2.24) is 20.6 Å². The lowest BCUT2D eigenvalue weighted by Crippen LogP contribution is -2.27. The average molecular weight is 719 g/mol. The smallest absolute Gasteiger partial charge is 0.257 e. The molecule has 0 saturated heterocycles. The molecule has 11 heteroatoms. The molecule has 4 aromatic carbocycles. The molecule has 6 rings (SSSR count). The molecule has 4 N–H and O–H groups in total. The summed E-state index contributed by atoms with van der Waals surface area (Å²) in [4.78, 5) is 59.7. The molecule has 6 aromatic rings. The number of nitrogens with zero attached hydrogens (tertiary/aromatic N) is 2. The van der Waals surface area contributed by atoms with Crippen LogP contribution in [0.5, 0.6) is 5.75 Å². The van der Waals surface area contributed by atoms with E-state index in [9.17, 15) is 19.2 Å². The second-order valence-corrected chi connectivity index (χ2v) is 12.2. The zero-order chi connectivity index (χ0) is 37.5. The third-order valence-electron chi connectivity index (χ3n) is 8.41. The minimum absolute atomic E-state index is 0.297. The van der Waals surface area contributed by atoms with Crippen LogP contribution in [0.25, 0.3) is 0 Å². The minimum Gasteiger partial charge on any atom is -0.489 e. The van der Waals surface area contributed by atoms with Gasteiger partial charge in [0.15, 0.2) is 0 Å². The lowest BCUT2D eigenvalue weighted by Gasteiger charge is -2.12. The summed E-state index contributed by atoms with van der Waals surface area (Å²) in [7, 11) is 0. The maximum Gasteiger partial charge on any atom is 0.257 e. The van der Waals surface area contributed by atoms with Crippen molar-refractivity contribution >= 4 is 35.0 Å². The quantitative estimate of drug-likeness (QED) is 0.0946. The van der Waals surface area contributed by atoms with Gasteiger partial charge < -0.3 is 26.0 Å². The van der Waals surface area contributed by atoms with Gasteiger partial charge in [-0.05, 0) is 84.1 Å². The number of carbonyl (C=O) groups is 4. The summed E-state index contributed by atoms with van der Waals surface area (Å²) in [6.45, 7) is 1.14. The van der Waals surface area contributed by atoms with Crippen molar-refractivity contribution in [1.29, 1.82) is 0 Å². The number of anilines is 2. The third-order valence-corrected chi connectivity index (χ3v) is 8.41. The van der Waals surface area contributed by atoms with Crippen LogP contribution in [0, 0.1) is 0 Å². The Morgan fingerprint density at radius 1 is 0.500 bits per heavy atom. The normalized spacial score (nSPS) is 10.5. The average Bonchev–Trinajstić information content (AvgIpc) is 3.21. The van der Waals surface area contributed by atoms with E-state index >= 15 is 0 Å². The molecule has 2 heterocycles. The lowest BCUT2D eigenvalue weighted by molar-refractivity contribution is 0.0945. The van der Waals surface area contributed by atoms with Gasteiger partial charge in [0.1, 0.15) is 12.4 Å². The molecular weight excluding hydrogens is 681 g/mol. The lowest BCUT2D eigenvalue weighted by atomic mass is 10.1. The number of benzene rings is 4. The molecule has 0 spiro atoms. The van der Waals surface area contributed by atoms with Gasteiger partial charge in [-0.25, -0.2) is 0 Å². The summed E-state index contributed by atoms with van der Waals surface area (Å²) >= 11 is 0. The van der Waals surface area contributed by atoms with E-state index in [2.05, 4.69) is 31.2 Å². The second kappa shape index (κ2) is 18.4. The van der Waals surface area contributed by atoms with Crippen LogP contribution in [0.1, 0.15) is 58.1 Å². The van der Waals surface area contributed by atoms with Gasteiger partial charge in [-0.15, -0.1) is 0 Å². The van der Waals surface area contributed by atoms with Crippen molar-refractivity contribution in [3.63, 3.8) is 0 Å². The molecular formula is C43H38N6O5. The number of hydrogen-bond donors (Lipinski definition) is 4. The molecule has 0 fully saturated rings. The van der Waals surface area contributed by atoms with Crippen molar-refractivity contribution in [2.45, 2.75) is 19.4 Å². The maximum absolute atomic E-state index is 13.1. The van der Waals surface area contributed by atoms with Gasteiger partial charge >= 0.3 is 0 Å². The Hall–Kier alpha value is -7.14. The molecule has 0 saturated carbocycles. The van der Waals surface area contributed by atoms with Gasteiger partial charge in [-0.2, -0.15) is 0 Å². The largest absolute Gasteiger partial charge is 0.489 e. The van der Waals surface area contributed by atoms with Gasteiger partial charge in [0, 0.05) is 37.2 Å². The van der Waals surface area contributed by atoms with Crippen molar-refractivity contribution in [3.05, 3.63) is 185 Å². The van der Waals surface area contributed by atoms with Crippen LogP contribution in [-0.4, -0.2) is 46.7 Å². The van der Waals surface area contributed by atoms with Gasteiger partial charge in [0.2, 0.25) is 0 Å². The van der Waals surface area contributed by atoms with E-state index in [-0.39, 0.29) is 23.6 Å². The maximum atomic E-state index is 13.1. The summed E-state index contributed by atoms with van der Waals surface area (Å²) in [5, 5.41) is 11.4. The van der Waals surface area contributed by atoms with Gasteiger partial charge in [0.25, 0.3) is 23.6 Å². The Morgan fingerprint density at radius 2 is 1.13 bits per heavy atom. The van der Waals surface area contributed by atoms with Crippen molar-refractivity contribution < 1.29 is 23.9 Å². The van der Waals surface area contributed by atoms with Gasteiger partial charge in [-0.1, -0.05) is 66.7 Å². The first-order valence-electron chi connectivity index (χ1n) is 17.4. The highest BCUT2D eigenvalue weighted by Gasteiger charge is 2.16. The molecule has 54 heavy (non-hydrogen) atoms. The number of ether oxygens (including phenoxy) is 1. The first-order valence-corrected chi connectivity index (χ1v) is 17.4. The fraction of sp³-hybridized carbons (Fsp3) is 0.116. The van der Waals surface area contributed by atoms with E-state index in [0.29, 0.717) is 71.9 Å².